The van der Waals surface area contributed by atoms with E-state index in [1.54, 1.807) is 11.1 Å². The van der Waals surface area contributed by atoms with Gasteiger partial charge >= 0.3 is 0 Å². The summed E-state index contributed by atoms with van der Waals surface area (Å²) in [6.07, 6.45) is 5.79. The summed E-state index contributed by atoms with van der Waals surface area (Å²) >= 11 is 0. The molecule has 0 saturated heterocycles. The maximum absolute atomic E-state index is 2.31. The zero-order chi connectivity index (χ0) is 10.3. The summed E-state index contributed by atoms with van der Waals surface area (Å²) < 4.78 is 0. The summed E-state index contributed by atoms with van der Waals surface area (Å²) in [5.74, 6) is 0. The smallest absolute Gasteiger partial charge is 0.00917 e. The van der Waals surface area contributed by atoms with Crippen LogP contribution in [0.1, 0.15) is 48.0 Å². The van der Waals surface area contributed by atoms with Gasteiger partial charge in [0.15, 0.2) is 0 Å². The number of allylic oxidation sites excluding steroid dienone is 4. The van der Waals surface area contributed by atoms with Gasteiger partial charge in [0.2, 0.25) is 0 Å². The summed E-state index contributed by atoms with van der Waals surface area (Å²) in [6.45, 7) is 13.7. The molecule has 0 heterocycles. The van der Waals surface area contributed by atoms with Crippen LogP contribution in [0, 0.1) is 10.8 Å². The lowest BCUT2D eigenvalue weighted by Gasteiger charge is -2.25. The van der Waals surface area contributed by atoms with Crippen LogP contribution >= 0.6 is 0 Å². The van der Waals surface area contributed by atoms with E-state index in [4.69, 9.17) is 0 Å². The van der Waals surface area contributed by atoms with Crippen LogP contribution in [0.25, 0.3) is 0 Å². The number of rotatable bonds is 0. The second-order valence-corrected chi connectivity index (χ2v) is 6.06. The van der Waals surface area contributed by atoms with E-state index >= 15 is 0 Å². The van der Waals surface area contributed by atoms with Crippen molar-refractivity contribution in [3.05, 3.63) is 23.3 Å². The van der Waals surface area contributed by atoms with Gasteiger partial charge in [-0.3, -0.25) is 0 Å². The molecule has 0 aromatic carbocycles. The molecule has 0 radical (unpaired) electrons. The van der Waals surface area contributed by atoms with Gasteiger partial charge in [0, 0.05) is 0 Å². The maximum atomic E-state index is 2.31. The van der Waals surface area contributed by atoms with Crippen LogP contribution in [0.15, 0.2) is 23.3 Å². The van der Waals surface area contributed by atoms with E-state index in [2.05, 4.69) is 53.7 Å². The highest BCUT2D eigenvalue weighted by Crippen LogP contribution is 2.40. The number of hydrogen-bond donors (Lipinski definition) is 0. The first-order chi connectivity index (χ1) is 5.71. The van der Waals surface area contributed by atoms with Gasteiger partial charge in [-0.2, -0.15) is 0 Å². The minimum absolute atomic E-state index is 0.337. The molecule has 0 atom stereocenters. The molecule has 1 aliphatic rings. The molecule has 0 saturated carbocycles. The lowest BCUT2D eigenvalue weighted by Crippen LogP contribution is -2.12. The van der Waals surface area contributed by atoms with E-state index < -0.39 is 0 Å². The van der Waals surface area contributed by atoms with Gasteiger partial charge in [0.25, 0.3) is 0 Å². The van der Waals surface area contributed by atoms with Crippen LogP contribution in [0.2, 0.25) is 0 Å². The first kappa shape index (κ1) is 10.6. The van der Waals surface area contributed by atoms with Gasteiger partial charge in [0.1, 0.15) is 0 Å². The Kier molecular flexibility index (Phi) is 2.44. The van der Waals surface area contributed by atoms with Crippen LogP contribution in [0.4, 0.5) is 0 Å². The largest absolute Gasteiger partial charge is 0.0622 e. The van der Waals surface area contributed by atoms with Crippen molar-refractivity contribution in [1.29, 1.82) is 0 Å². The molecule has 0 spiro atoms. The lowest BCUT2D eigenvalue weighted by molar-refractivity contribution is 0.458. The van der Waals surface area contributed by atoms with Gasteiger partial charge in [0.05, 0.1) is 0 Å². The molecule has 0 fully saturated rings. The fraction of sp³-hybridized carbons (Fsp3) is 0.692. The average molecular weight is 178 g/mol. The quantitative estimate of drug-likeness (QED) is 0.518. The Hall–Kier alpha value is -0.520. The van der Waals surface area contributed by atoms with E-state index in [9.17, 15) is 0 Å². The third-order valence-corrected chi connectivity index (χ3v) is 2.79. The Morgan fingerprint density at radius 3 is 1.23 bits per heavy atom. The first-order valence-corrected chi connectivity index (χ1v) is 5.12. The Labute approximate surface area is 82.7 Å². The van der Waals surface area contributed by atoms with Crippen molar-refractivity contribution in [1.82, 2.24) is 0 Å². The molecule has 0 aromatic heterocycles. The molecule has 1 rings (SSSR count). The molecule has 0 unspecified atom stereocenters. The highest BCUT2D eigenvalue weighted by atomic mass is 14.3. The molecule has 0 aromatic rings. The molecule has 0 nitrogen and oxygen atoms in total. The van der Waals surface area contributed by atoms with E-state index in [0.717, 1.165) is 0 Å². The van der Waals surface area contributed by atoms with E-state index in [-0.39, 0.29) is 0 Å². The predicted octanol–water partition coefficient (Wildman–Crippen LogP) is 4.34. The van der Waals surface area contributed by atoms with Gasteiger partial charge in [-0.15, -0.1) is 0 Å². The van der Waals surface area contributed by atoms with Gasteiger partial charge in [-0.25, -0.2) is 0 Å². The van der Waals surface area contributed by atoms with Crippen LogP contribution in [-0.2, 0) is 0 Å². The van der Waals surface area contributed by atoms with Crippen molar-refractivity contribution in [2.45, 2.75) is 48.0 Å². The van der Waals surface area contributed by atoms with Crippen molar-refractivity contribution in [2.24, 2.45) is 10.8 Å². The number of hydrogen-bond acceptors (Lipinski definition) is 0. The molecule has 0 amide bonds. The SMILES string of the molecule is CC(C)(C)C1=CC=C(C(C)(C)C)C1. The minimum atomic E-state index is 0.337. The van der Waals surface area contributed by atoms with E-state index in [1.807, 2.05) is 0 Å². The third kappa shape index (κ3) is 2.46. The van der Waals surface area contributed by atoms with Crippen LogP contribution < -0.4 is 0 Å². The summed E-state index contributed by atoms with van der Waals surface area (Å²) in [5, 5.41) is 0. The highest BCUT2D eigenvalue weighted by Gasteiger charge is 2.26. The predicted molar refractivity (Wildman–Crippen MR) is 59.7 cm³/mol. The Morgan fingerprint density at radius 2 is 1.08 bits per heavy atom. The normalized spacial score (nSPS) is 18.6. The van der Waals surface area contributed by atoms with Crippen molar-refractivity contribution in [3.63, 3.8) is 0 Å². The molecular formula is C13H22. The van der Waals surface area contributed by atoms with Gasteiger partial charge in [-0.1, -0.05) is 64.8 Å². The molecule has 74 valence electrons. The molecule has 0 bridgehead atoms. The van der Waals surface area contributed by atoms with Crippen molar-refractivity contribution in [3.8, 4) is 0 Å². The summed E-state index contributed by atoms with van der Waals surface area (Å²) in [6, 6.07) is 0. The zero-order valence-corrected chi connectivity index (χ0v) is 9.86. The van der Waals surface area contributed by atoms with Crippen LogP contribution in [-0.4, -0.2) is 0 Å². The Morgan fingerprint density at radius 1 is 0.769 bits per heavy atom. The second kappa shape index (κ2) is 3.01. The highest BCUT2D eigenvalue weighted by molar-refractivity contribution is 5.36. The Bertz CT molecular complexity index is 223. The fourth-order valence-corrected chi connectivity index (χ4v) is 1.55. The summed E-state index contributed by atoms with van der Waals surface area (Å²) in [7, 11) is 0. The van der Waals surface area contributed by atoms with E-state index in [1.165, 1.54) is 6.42 Å². The van der Waals surface area contributed by atoms with Crippen molar-refractivity contribution in [2.75, 3.05) is 0 Å². The van der Waals surface area contributed by atoms with Gasteiger partial charge in [-0.05, 0) is 17.3 Å². The van der Waals surface area contributed by atoms with Gasteiger partial charge < -0.3 is 0 Å². The molecule has 1 aliphatic carbocycles. The topological polar surface area (TPSA) is 0 Å². The first-order valence-electron chi connectivity index (χ1n) is 5.12. The fourth-order valence-electron chi connectivity index (χ4n) is 1.55. The van der Waals surface area contributed by atoms with Crippen LogP contribution in [0.3, 0.4) is 0 Å². The van der Waals surface area contributed by atoms with Crippen molar-refractivity contribution < 1.29 is 0 Å². The second-order valence-electron chi connectivity index (χ2n) is 6.06. The lowest BCUT2D eigenvalue weighted by atomic mass is 9.80. The average Bonchev–Trinajstić information content (AvgIpc) is 2.28. The summed E-state index contributed by atoms with van der Waals surface area (Å²) in [5.41, 5.74) is 3.81. The van der Waals surface area contributed by atoms with E-state index in [0.29, 0.717) is 10.8 Å². The molecule has 13 heavy (non-hydrogen) atoms. The molecule has 0 heteroatoms. The minimum Gasteiger partial charge on any atom is -0.0622 e. The standard InChI is InChI=1S/C13H22/c1-12(2,3)10-7-8-11(9-10)13(4,5)6/h7-8H,9H2,1-6H3. The summed E-state index contributed by atoms with van der Waals surface area (Å²) in [4.78, 5) is 0. The molecule has 0 aliphatic heterocycles. The van der Waals surface area contributed by atoms with Crippen molar-refractivity contribution >= 4 is 0 Å². The monoisotopic (exact) mass is 178 g/mol. The van der Waals surface area contributed by atoms with Crippen LogP contribution in [0.5, 0.6) is 0 Å². The molecule has 0 N–H and O–H groups in total. The Balaban J connectivity index is 2.71. The third-order valence-electron chi connectivity index (χ3n) is 2.79. The zero-order valence-electron chi connectivity index (χ0n) is 9.86. The maximum Gasteiger partial charge on any atom is -0.00917 e. The molecular weight excluding hydrogens is 156 g/mol.